The maximum atomic E-state index is 10.7. The number of hydrogen-bond donors (Lipinski definition) is 1. The standard InChI is InChI=1S/C15H12N2O3/c18-17(19)13-6-3-5-12(9-13)16-10-14-8-11-4-1-2-7-15(11)20-14/h1-9,16H,10H2. The summed E-state index contributed by atoms with van der Waals surface area (Å²) in [6, 6.07) is 16.1. The molecule has 1 aromatic heterocycles. The molecule has 1 heterocycles. The third kappa shape index (κ3) is 2.47. The van der Waals surface area contributed by atoms with Crippen LogP contribution in [0.4, 0.5) is 11.4 Å². The quantitative estimate of drug-likeness (QED) is 0.574. The summed E-state index contributed by atoms with van der Waals surface area (Å²) in [6.07, 6.45) is 0. The van der Waals surface area contributed by atoms with Gasteiger partial charge < -0.3 is 9.73 Å². The van der Waals surface area contributed by atoms with Crippen molar-refractivity contribution < 1.29 is 9.34 Å². The summed E-state index contributed by atoms with van der Waals surface area (Å²) >= 11 is 0. The summed E-state index contributed by atoms with van der Waals surface area (Å²) in [7, 11) is 0. The molecule has 0 radical (unpaired) electrons. The van der Waals surface area contributed by atoms with E-state index < -0.39 is 4.92 Å². The van der Waals surface area contributed by atoms with Gasteiger partial charge in [0, 0.05) is 23.2 Å². The van der Waals surface area contributed by atoms with E-state index in [0.717, 1.165) is 16.7 Å². The Morgan fingerprint density at radius 1 is 1.10 bits per heavy atom. The molecule has 0 saturated carbocycles. The Hall–Kier alpha value is -2.82. The number of nitro groups is 1. The first-order valence-electron chi connectivity index (χ1n) is 6.18. The summed E-state index contributed by atoms with van der Waals surface area (Å²) in [6.45, 7) is 0.482. The highest BCUT2D eigenvalue weighted by Crippen LogP contribution is 2.21. The molecule has 0 atom stereocenters. The smallest absolute Gasteiger partial charge is 0.271 e. The van der Waals surface area contributed by atoms with E-state index in [4.69, 9.17) is 4.42 Å². The fourth-order valence-corrected chi connectivity index (χ4v) is 2.04. The van der Waals surface area contributed by atoms with Crippen molar-refractivity contribution in [3.8, 4) is 0 Å². The van der Waals surface area contributed by atoms with Crippen molar-refractivity contribution in [2.45, 2.75) is 6.54 Å². The van der Waals surface area contributed by atoms with E-state index in [0.29, 0.717) is 12.2 Å². The first-order chi connectivity index (χ1) is 9.72. The van der Waals surface area contributed by atoms with Gasteiger partial charge in [0.05, 0.1) is 11.5 Å². The molecule has 0 aliphatic carbocycles. The fraction of sp³-hybridized carbons (Fsp3) is 0.0667. The Bertz CT molecular complexity index is 731. The van der Waals surface area contributed by atoms with Crippen LogP contribution in [0.5, 0.6) is 0 Å². The van der Waals surface area contributed by atoms with Crippen LogP contribution >= 0.6 is 0 Å². The van der Waals surface area contributed by atoms with E-state index >= 15 is 0 Å². The number of non-ortho nitro benzene ring substituents is 1. The van der Waals surface area contributed by atoms with Crippen LogP contribution < -0.4 is 5.32 Å². The largest absolute Gasteiger partial charge is 0.459 e. The lowest BCUT2D eigenvalue weighted by Gasteiger charge is -2.03. The lowest BCUT2D eigenvalue weighted by atomic mass is 10.2. The van der Waals surface area contributed by atoms with Crippen molar-refractivity contribution >= 4 is 22.3 Å². The number of furan rings is 1. The number of nitro benzene ring substituents is 1. The van der Waals surface area contributed by atoms with E-state index in [9.17, 15) is 10.1 Å². The lowest BCUT2D eigenvalue weighted by molar-refractivity contribution is -0.384. The highest BCUT2D eigenvalue weighted by atomic mass is 16.6. The molecule has 5 heteroatoms. The van der Waals surface area contributed by atoms with Gasteiger partial charge in [0.25, 0.3) is 5.69 Å². The predicted octanol–water partition coefficient (Wildman–Crippen LogP) is 3.95. The highest BCUT2D eigenvalue weighted by Gasteiger charge is 2.06. The molecule has 0 aliphatic rings. The molecule has 20 heavy (non-hydrogen) atoms. The van der Waals surface area contributed by atoms with Gasteiger partial charge in [0.2, 0.25) is 0 Å². The molecular formula is C15H12N2O3. The monoisotopic (exact) mass is 268 g/mol. The number of nitrogens with one attached hydrogen (secondary N) is 1. The summed E-state index contributed by atoms with van der Waals surface area (Å²) in [4.78, 5) is 10.3. The second-order valence-electron chi connectivity index (χ2n) is 4.41. The second-order valence-corrected chi connectivity index (χ2v) is 4.41. The normalized spacial score (nSPS) is 10.6. The number of para-hydroxylation sites is 1. The van der Waals surface area contributed by atoms with Gasteiger partial charge in [-0.25, -0.2) is 0 Å². The van der Waals surface area contributed by atoms with E-state index in [1.54, 1.807) is 12.1 Å². The predicted molar refractivity (Wildman–Crippen MR) is 76.6 cm³/mol. The average Bonchev–Trinajstić information content (AvgIpc) is 2.88. The summed E-state index contributed by atoms with van der Waals surface area (Å²) in [5.74, 6) is 0.790. The molecule has 0 unspecified atom stereocenters. The summed E-state index contributed by atoms with van der Waals surface area (Å²) < 4.78 is 5.67. The zero-order chi connectivity index (χ0) is 13.9. The Labute approximate surface area is 115 Å². The fourth-order valence-electron chi connectivity index (χ4n) is 2.04. The van der Waals surface area contributed by atoms with Gasteiger partial charge in [-0.1, -0.05) is 24.3 Å². The first kappa shape index (κ1) is 12.2. The van der Waals surface area contributed by atoms with Gasteiger partial charge in [0.1, 0.15) is 11.3 Å². The van der Waals surface area contributed by atoms with Crippen LogP contribution in [0.3, 0.4) is 0 Å². The molecule has 0 aliphatic heterocycles. The van der Waals surface area contributed by atoms with Crippen molar-refractivity contribution in [3.05, 3.63) is 70.5 Å². The highest BCUT2D eigenvalue weighted by molar-refractivity contribution is 5.77. The third-order valence-corrected chi connectivity index (χ3v) is 3.00. The minimum atomic E-state index is -0.410. The third-order valence-electron chi connectivity index (χ3n) is 3.00. The average molecular weight is 268 g/mol. The minimum Gasteiger partial charge on any atom is -0.459 e. The SMILES string of the molecule is O=[N+]([O-])c1cccc(NCc2cc3ccccc3o2)c1. The Morgan fingerprint density at radius 2 is 1.95 bits per heavy atom. The van der Waals surface area contributed by atoms with Gasteiger partial charge >= 0.3 is 0 Å². The summed E-state index contributed by atoms with van der Waals surface area (Å²) in [5, 5.41) is 14.9. The number of anilines is 1. The molecule has 0 bridgehead atoms. The van der Waals surface area contributed by atoms with Crippen LogP contribution in [0.25, 0.3) is 11.0 Å². The second kappa shape index (κ2) is 5.05. The van der Waals surface area contributed by atoms with E-state index in [-0.39, 0.29) is 5.69 Å². The van der Waals surface area contributed by atoms with Crippen molar-refractivity contribution in [3.63, 3.8) is 0 Å². The van der Waals surface area contributed by atoms with Gasteiger partial charge in [-0.2, -0.15) is 0 Å². The number of rotatable bonds is 4. The van der Waals surface area contributed by atoms with Crippen LogP contribution in [0.2, 0.25) is 0 Å². The molecule has 0 spiro atoms. The van der Waals surface area contributed by atoms with E-state index in [1.165, 1.54) is 12.1 Å². The van der Waals surface area contributed by atoms with Crippen LogP contribution in [0.1, 0.15) is 5.76 Å². The van der Waals surface area contributed by atoms with Gasteiger partial charge in [-0.05, 0) is 18.2 Å². The van der Waals surface area contributed by atoms with Crippen LogP contribution in [0.15, 0.2) is 59.0 Å². The van der Waals surface area contributed by atoms with Crippen molar-refractivity contribution in [2.24, 2.45) is 0 Å². The Kier molecular flexibility index (Phi) is 3.09. The number of fused-ring (bicyclic) bond motifs is 1. The zero-order valence-corrected chi connectivity index (χ0v) is 10.6. The van der Waals surface area contributed by atoms with Gasteiger partial charge in [-0.15, -0.1) is 0 Å². The molecule has 1 N–H and O–H groups in total. The molecule has 0 amide bonds. The molecule has 3 rings (SSSR count). The maximum Gasteiger partial charge on any atom is 0.271 e. The first-order valence-corrected chi connectivity index (χ1v) is 6.18. The van der Waals surface area contributed by atoms with Crippen molar-refractivity contribution in [1.29, 1.82) is 0 Å². The minimum absolute atomic E-state index is 0.0691. The Balaban J connectivity index is 1.75. The van der Waals surface area contributed by atoms with E-state index in [1.807, 2.05) is 30.3 Å². The molecule has 0 fully saturated rings. The molecule has 5 nitrogen and oxygen atoms in total. The molecule has 0 saturated heterocycles. The van der Waals surface area contributed by atoms with Crippen LogP contribution in [-0.4, -0.2) is 4.92 Å². The van der Waals surface area contributed by atoms with Crippen molar-refractivity contribution in [1.82, 2.24) is 0 Å². The molecular weight excluding hydrogens is 256 g/mol. The van der Waals surface area contributed by atoms with Gasteiger partial charge in [-0.3, -0.25) is 10.1 Å². The van der Waals surface area contributed by atoms with Crippen molar-refractivity contribution in [2.75, 3.05) is 5.32 Å². The van der Waals surface area contributed by atoms with E-state index in [2.05, 4.69) is 5.32 Å². The molecule has 2 aromatic carbocycles. The zero-order valence-electron chi connectivity index (χ0n) is 10.6. The molecule has 3 aromatic rings. The van der Waals surface area contributed by atoms with Gasteiger partial charge in [0.15, 0.2) is 0 Å². The lowest BCUT2D eigenvalue weighted by Crippen LogP contribution is -1.98. The topological polar surface area (TPSA) is 68.3 Å². The van der Waals surface area contributed by atoms with Crippen LogP contribution in [-0.2, 0) is 6.54 Å². The van der Waals surface area contributed by atoms with Crippen LogP contribution in [0, 0.1) is 10.1 Å². The maximum absolute atomic E-state index is 10.7. The molecule has 100 valence electrons. The summed E-state index contributed by atoms with van der Waals surface area (Å²) in [5.41, 5.74) is 1.60. The number of benzene rings is 2. The Morgan fingerprint density at radius 3 is 2.75 bits per heavy atom. The number of hydrogen-bond acceptors (Lipinski definition) is 4. The number of nitrogens with zero attached hydrogens (tertiary/aromatic N) is 1.